The number of nitrogens with one attached hydrogen (secondary N) is 2. The Balaban J connectivity index is 1.59. The molecule has 2 aromatic heterocycles. The summed E-state index contributed by atoms with van der Waals surface area (Å²) in [6, 6.07) is 18.0. The van der Waals surface area contributed by atoms with Gasteiger partial charge < -0.3 is 21.5 Å². The van der Waals surface area contributed by atoms with Crippen molar-refractivity contribution in [2.75, 3.05) is 23.0 Å². The van der Waals surface area contributed by atoms with Gasteiger partial charge in [0.05, 0.1) is 12.1 Å². The second kappa shape index (κ2) is 9.72. The summed E-state index contributed by atoms with van der Waals surface area (Å²) in [6.45, 7) is 4.47. The van der Waals surface area contributed by atoms with Gasteiger partial charge in [-0.1, -0.05) is 65.6 Å². The summed E-state index contributed by atoms with van der Waals surface area (Å²) in [4.78, 5) is 14.1. The molecule has 0 spiro atoms. The van der Waals surface area contributed by atoms with E-state index in [4.69, 9.17) is 15.7 Å². The number of benzene rings is 2. The summed E-state index contributed by atoms with van der Waals surface area (Å²) in [5.74, 6) is 1.45. The molecule has 7 nitrogen and oxygen atoms in total. The number of hydrogen-bond acceptors (Lipinski definition) is 9. The van der Waals surface area contributed by atoms with Gasteiger partial charge in [0.15, 0.2) is 21.8 Å². The molecule has 2 heterocycles. The molecule has 0 saturated heterocycles. The van der Waals surface area contributed by atoms with Gasteiger partial charge in [-0.05, 0) is 37.1 Å². The minimum absolute atomic E-state index is 0.0218. The van der Waals surface area contributed by atoms with E-state index in [1.54, 1.807) is 11.8 Å². The van der Waals surface area contributed by atoms with Crippen LogP contribution in [0.25, 0.3) is 10.3 Å². The second-order valence-electron chi connectivity index (χ2n) is 8.06. The van der Waals surface area contributed by atoms with E-state index in [1.807, 2.05) is 56.3 Å². The maximum atomic E-state index is 9.74. The number of hydrogen-bond donors (Lipinski definition) is 4. The minimum atomic E-state index is -0.524. The average molecular weight is 467 g/mol. The van der Waals surface area contributed by atoms with E-state index in [-0.39, 0.29) is 6.61 Å². The summed E-state index contributed by atoms with van der Waals surface area (Å²) in [5.41, 5.74) is 8.94. The van der Waals surface area contributed by atoms with Crippen molar-refractivity contribution in [3.63, 3.8) is 0 Å². The highest BCUT2D eigenvalue weighted by Gasteiger charge is 2.21. The molecule has 32 heavy (non-hydrogen) atoms. The van der Waals surface area contributed by atoms with Crippen LogP contribution in [0, 0.1) is 0 Å². The number of nitrogen functional groups attached to an aromatic ring is 1. The van der Waals surface area contributed by atoms with Crippen molar-refractivity contribution < 1.29 is 5.11 Å². The lowest BCUT2D eigenvalue weighted by atomic mass is 10.1. The van der Waals surface area contributed by atoms with Crippen molar-refractivity contribution in [2.45, 2.75) is 36.8 Å². The highest BCUT2D eigenvalue weighted by Crippen LogP contribution is 2.34. The van der Waals surface area contributed by atoms with E-state index in [2.05, 4.69) is 27.8 Å². The van der Waals surface area contributed by atoms with Gasteiger partial charge >= 0.3 is 0 Å². The molecule has 166 valence electrons. The number of aliphatic hydroxyl groups is 1. The molecule has 0 fully saturated rings. The van der Waals surface area contributed by atoms with Crippen molar-refractivity contribution in [1.82, 2.24) is 15.0 Å². The Morgan fingerprint density at radius 2 is 1.75 bits per heavy atom. The third kappa shape index (κ3) is 5.67. The van der Waals surface area contributed by atoms with Crippen molar-refractivity contribution in [1.29, 1.82) is 0 Å². The van der Waals surface area contributed by atoms with Crippen LogP contribution in [0.4, 0.5) is 16.6 Å². The predicted molar refractivity (Wildman–Crippen MR) is 134 cm³/mol. The number of fused-ring (bicyclic) bond motifs is 1. The molecular formula is C23H26N6OS2. The van der Waals surface area contributed by atoms with Crippen LogP contribution in [-0.4, -0.2) is 32.2 Å². The molecule has 9 heteroatoms. The fourth-order valence-electron chi connectivity index (χ4n) is 2.92. The smallest absolute Gasteiger partial charge is 0.191 e. The van der Waals surface area contributed by atoms with Crippen LogP contribution in [-0.2, 0) is 12.3 Å². The third-order valence-corrected chi connectivity index (χ3v) is 6.65. The molecule has 4 rings (SSSR count). The topological polar surface area (TPSA) is 109 Å². The number of thioether (sulfide) groups is 1. The first-order valence-electron chi connectivity index (χ1n) is 10.2. The number of rotatable bonds is 9. The molecule has 0 saturated carbocycles. The summed E-state index contributed by atoms with van der Waals surface area (Å²) in [7, 11) is 0. The lowest BCUT2D eigenvalue weighted by Gasteiger charge is -2.24. The van der Waals surface area contributed by atoms with Crippen LogP contribution in [0.15, 0.2) is 59.8 Å². The molecule has 0 aliphatic rings. The van der Waals surface area contributed by atoms with Crippen LogP contribution in [0.3, 0.4) is 0 Å². The number of nitrogens with two attached hydrogens (primary N) is 1. The molecule has 0 aliphatic carbocycles. The van der Waals surface area contributed by atoms with Gasteiger partial charge in [-0.25, -0.2) is 9.97 Å². The summed E-state index contributed by atoms with van der Waals surface area (Å²) < 4.78 is 0.857. The first kappa shape index (κ1) is 22.3. The highest BCUT2D eigenvalue weighted by atomic mass is 32.2. The van der Waals surface area contributed by atoms with E-state index in [1.165, 1.54) is 16.9 Å². The summed E-state index contributed by atoms with van der Waals surface area (Å²) in [6.07, 6.45) is 0. The highest BCUT2D eigenvalue weighted by molar-refractivity contribution is 7.98. The number of aromatic nitrogens is 3. The van der Waals surface area contributed by atoms with Crippen LogP contribution in [0.5, 0.6) is 0 Å². The van der Waals surface area contributed by atoms with Gasteiger partial charge in [0, 0.05) is 18.0 Å². The zero-order chi connectivity index (χ0) is 22.6. The van der Waals surface area contributed by atoms with Crippen LogP contribution in [0.1, 0.15) is 25.0 Å². The molecule has 5 N–H and O–H groups in total. The molecule has 0 amide bonds. The standard InChI is InChI=1S/C23H26N6OS2/c1-23(2,14-30)29-20-18-19(27-22(28-20)31-13-16-6-4-3-5-7-16)26-21(32-18)25-12-15-8-10-17(24)11-9-15/h3-11,30H,12-14,24H2,1-2H3,(H2,25,26,27,28,29). The SMILES string of the molecule is CC(C)(CO)Nc1nc(SCc2ccccc2)nc2nc(NCc3ccc(N)cc3)sc12. The fourth-order valence-corrected chi connectivity index (χ4v) is 4.57. The van der Waals surface area contributed by atoms with Gasteiger partial charge in [0.1, 0.15) is 4.70 Å². The molecule has 0 radical (unpaired) electrons. The Hall–Kier alpha value is -2.88. The maximum Gasteiger partial charge on any atom is 0.191 e. The van der Waals surface area contributed by atoms with E-state index < -0.39 is 5.54 Å². The molecule has 0 aliphatic heterocycles. The van der Waals surface area contributed by atoms with E-state index in [9.17, 15) is 5.11 Å². The zero-order valence-corrected chi connectivity index (χ0v) is 19.6. The molecular weight excluding hydrogens is 440 g/mol. The normalized spacial score (nSPS) is 11.6. The number of anilines is 3. The fraction of sp³-hybridized carbons (Fsp3) is 0.261. The Kier molecular flexibility index (Phi) is 6.78. The Bertz CT molecular complexity index is 1180. The third-order valence-electron chi connectivity index (χ3n) is 4.72. The lowest BCUT2D eigenvalue weighted by Crippen LogP contribution is -2.35. The second-order valence-corrected chi connectivity index (χ2v) is 10.0. The van der Waals surface area contributed by atoms with Crippen molar-refractivity contribution in [3.8, 4) is 0 Å². The van der Waals surface area contributed by atoms with Gasteiger partial charge in [0.25, 0.3) is 0 Å². The zero-order valence-electron chi connectivity index (χ0n) is 18.0. The predicted octanol–water partition coefficient (Wildman–Crippen LogP) is 4.76. The van der Waals surface area contributed by atoms with Gasteiger partial charge in [0.2, 0.25) is 0 Å². The van der Waals surface area contributed by atoms with E-state index in [0.717, 1.165) is 26.8 Å². The quantitative estimate of drug-likeness (QED) is 0.159. The Morgan fingerprint density at radius 3 is 2.47 bits per heavy atom. The monoisotopic (exact) mass is 466 g/mol. The molecule has 4 aromatic rings. The molecule has 0 unspecified atom stereocenters. The van der Waals surface area contributed by atoms with Crippen molar-refractivity contribution in [3.05, 3.63) is 65.7 Å². The summed E-state index contributed by atoms with van der Waals surface area (Å²) in [5, 5.41) is 17.9. The number of thiazole rings is 1. The molecule has 0 bridgehead atoms. The Labute approximate surface area is 195 Å². The first-order valence-corrected chi connectivity index (χ1v) is 12.0. The van der Waals surface area contributed by atoms with Crippen LogP contribution < -0.4 is 16.4 Å². The molecule has 0 atom stereocenters. The largest absolute Gasteiger partial charge is 0.399 e. The van der Waals surface area contributed by atoms with E-state index >= 15 is 0 Å². The van der Waals surface area contributed by atoms with Crippen LogP contribution >= 0.6 is 23.1 Å². The number of nitrogens with zero attached hydrogens (tertiary/aromatic N) is 3. The van der Waals surface area contributed by atoms with Gasteiger partial charge in [-0.2, -0.15) is 4.98 Å². The Morgan fingerprint density at radius 1 is 1.00 bits per heavy atom. The summed E-state index contributed by atoms with van der Waals surface area (Å²) >= 11 is 3.06. The lowest BCUT2D eigenvalue weighted by molar-refractivity contribution is 0.234. The van der Waals surface area contributed by atoms with Crippen LogP contribution in [0.2, 0.25) is 0 Å². The first-order chi connectivity index (χ1) is 15.4. The minimum Gasteiger partial charge on any atom is -0.399 e. The van der Waals surface area contributed by atoms with Crippen molar-refractivity contribution in [2.24, 2.45) is 0 Å². The average Bonchev–Trinajstić information content (AvgIpc) is 3.21. The number of aliphatic hydroxyl groups excluding tert-OH is 1. The van der Waals surface area contributed by atoms with Gasteiger partial charge in [-0.3, -0.25) is 0 Å². The van der Waals surface area contributed by atoms with E-state index in [0.29, 0.717) is 23.2 Å². The maximum absolute atomic E-state index is 9.74. The molecule has 2 aromatic carbocycles. The van der Waals surface area contributed by atoms with Crippen molar-refractivity contribution >= 4 is 50.1 Å². The van der Waals surface area contributed by atoms with Gasteiger partial charge in [-0.15, -0.1) is 0 Å².